The molecule has 0 aliphatic carbocycles. The third-order valence-corrected chi connectivity index (χ3v) is 3.95. The Morgan fingerprint density at radius 3 is 2.38 bits per heavy atom. The average molecular weight is 334 g/mol. The monoisotopic (exact) mass is 334 g/mol. The highest BCUT2D eigenvalue weighted by Gasteiger charge is 2.06. The molecule has 0 bridgehead atoms. The number of hydrogen-bond donors (Lipinski definition) is 2. The number of benzene rings is 3. The van der Waals surface area contributed by atoms with Crippen LogP contribution in [0.25, 0.3) is 10.8 Å². The van der Waals surface area contributed by atoms with Crippen molar-refractivity contribution < 1.29 is 4.79 Å². The van der Waals surface area contributed by atoms with E-state index in [4.69, 9.17) is 12.2 Å². The second kappa shape index (κ2) is 7.70. The Morgan fingerprint density at radius 2 is 1.58 bits per heavy atom. The predicted octanol–water partition coefficient (Wildman–Crippen LogP) is 4.29. The van der Waals surface area contributed by atoms with E-state index in [0.29, 0.717) is 18.0 Å². The zero-order valence-corrected chi connectivity index (χ0v) is 14.0. The maximum Gasteiger partial charge on any atom is 0.226 e. The zero-order chi connectivity index (χ0) is 16.8. The Balaban J connectivity index is 1.53. The van der Waals surface area contributed by atoms with E-state index in [2.05, 4.69) is 16.7 Å². The summed E-state index contributed by atoms with van der Waals surface area (Å²) in [4.78, 5) is 12.0. The Kier molecular flexibility index (Phi) is 5.18. The van der Waals surface area contributed by atoms with E-state index in [9.17, 15) is 4.79 Å². The fourth-order valence-electron chi connectivity index (χ4n) is 2.52. The molecule has 0 fully saturated rings. The quantitative estimate of drug-likeness (QED) is 0.700. The summed E-state index contributed by atoms with van der Waals surface area (Å²) in [5, 5.41) is 8.41. The molecule has 0 saturated heterocycles. The van der Waals surface area contributed by atoms with Crippen LogP contribution in [-0.2, 0) is 11.2 Å². The third-order valence-electron chi connectivity index (χ3n) is 3.74. The van der Waals surface area contributed by atoms with Crippen LogP contribution in [0.3, 0.4) is 0 Å². The van der Waals surface area contributed by atoms with Crippen molar-refractivity contribution in [3.05, 3.63) is 78.4 Å². The molecule has 0 aliphatic heterocycles. The van der Waals surface area contributed by atoms with Crippen molar-refractivity contribution in [3.8, 4) is 0 Å². The standard InChI is InChI=1S/C20H18N2OS/c23-19(13-10-15-6-2-1-3-7-15)22-20(24)21-18-12-11-16-8-4-5-9-17(16)14-18/h1-9,11-12,14H,10,13H2,(H2,21,22,23,24). The van der Waals surface area contributed by atoms with E-state index in [-0.39, 0.29) is 5.91 Å². The van der Waals surface area contributed by atoms with Crippen LogP contribution >= 0.6 is 12.2 Å². The number of amides is 1. The van der Waals surface area contributed by atoms with Crippen LogP contribution in [0, 0.1) is 0 Å². The van der Waals surface area contributed by atoms with E-state index in [1.807, 2.05) is 66.7 Å². The van der Waals surface area contributed by atoms with Crippen LogP contribution in [0.2, 0.25) is 0 Å². The summed E-state index contributed by atoms with van der Waals surface area (Å²) in [6.07, 6.45) is 1.11. The van der Waals surface area contributed by atoms with Gasteiger partial charge in [0.25, 0.3) is 0 Å². The van der Waals surface area contributed by atoms with Crippen LogP contribution in [0.4, 0.5) is 5.69 Å². The number of thiocarbonyl (C=S) groups is 1. The van der Waals surface area contributed by atoms with Gasteiger partial charge in [0.2, 0.25) is 5.91 Å². The molecule has 0 spiro atoms. The minimum atomic E-state index is -0.0860. The van der Waals surface area contributed by atoms with Crippen LogP contribution in [-0.4, -0.2) is 11.0 Å². The number of nitrogens with one attached hydrogen (secondary N) is 2. The smallest absolute Gasteiger partial charge is 0.226 e. The number of anilines is 1. The molecule has 1 amide bonds. The van der Waals surface area contributed by atoms with Gasteiger partial charge in [-0.05, 0) is 47.1 Å². The number of carbonyl (C=O) groups excluding carboxylic acids is 1. The second-order valence-corrected chi connectivity index (χ2v) is 5.96. The molecular weight excluding hydrogens is 316 g/mol. The first-order chi connectivity index (χ1) is 11.7. The highest BCUT2D eigenvalue weighted by atomic mass is 32.1. The Hall–Kier alpha value is -2.72. The van der Waals surface area contributed by atoms with Crippen molar-refractivity contribution in [3.63, 3.8) is 0 Å². The molecule has 4 heteroatoms. The largest absolute Gasteiger partial charge is 0.332 e. The van der Waals surface area contributed by atoms with Crippen molar-refractivity contribution in [2.45, 2.75) is 12.8 Å². The van der Waals surface area contributed by atoms with Crippen molar-refractivity contribution >= 4 is 39.7 Å². The average Bonchev–Trinajstić information content (AvgIpc) is 2.60. The zero-order valence-electron chi connectivity index (χ0n) is 13.2. The van der Waals surface area contributed by atoms with Crippen molar-refractivity contribution in [2.24, 2.45) is 0 Å². The number of carbonyl (C=O) groups is 1. The summed E-state index contributed by atoms with van der Waals surface area (Å²) < 4.78 is 0. The number of fused-ring (bicyclic) bond motifs is 1. The van der Waals surface area contributed by atoms with Crippen molar-refractivity contribution in [1.29, 1.82) is 0 Å². The van der Waals surface area contributed by atoms with Gasteiger partial charge in [-0.3, -0.25) is 4.79 Å². The topological polar surface area (TPSA) is 41.1 Å². The van der Waals surface area contributed by atoms with Gasteiger partial charge in [0.1, 0.15) is 0 Å². The molecule has 0 radical (unpaired) electrons. The Labute approximate surface area is 146 Å². The predicted molar refractivity (Wildman–Crippen MR) is 103 cm³/mol. The van der Waals surface area contributed by atoms with E-state index in [1.165, 1.54) is 5.39 Å². The molecule has 3 rings (SSSR count). The first kappa shape index (κ1) is 16.1. The van der Waals surface area contributed by atoms with Gasteiger partial charge in [-0.15, -0.1) is 0 Å². The van der Waals surface area contributed by atoms with Gasteiger partial charge in [-0.25, -0.2) is 0 Å². The maximum absolute atomic E-state index is 12.0. The lowest BCUT2D eigenvalue weighted by molar-refractivity contribution is -0.119. The van der Waals surface area contributed by atoms with Gasteiger partial charge in [0.15, 0.2) is 5.11 Å². The lowest BCUT2D eigenvalue weighted by atomic mass is 10.1. The summed E-state index contributed by atoms with van der Waals surface area (Å²) in [6, 6.07) is 24.0. The Bertz CT molecular complexity index is 862. The van der Waals surface area contributed by atoms with Gasteiger partial charge in [-0.2, -0.15) is 0 Å². The van der Waals surface area contributed by atoms with E-state index in [0.717, 1.165) is 16.6 Å². The number of hydrogen-bond acceptors (Lipinski definition) is 2. The number of aryl methyl sites for hydroxylation is 1. The lowest BCUT2D eigenvalue weighted by Gasteiger charge is -2.10. The molecule has 3 aromatic rings. The maximum atomic E-state index is 12.0. The summed E-state index contributed by atoms with van der Waals surface area (Å²) in [6.45, 7) is 0. The fraction of sp³-hybridized carbons (Fsp3) is 0.100. The summed E-state index contributed by atoms with van der Waals surface area (Å²) in [5.74, 6) is -0.0860. The molecule has 0 heterocycles. The first-order valence-electron chi connectivity index (χ1n) is 7.84. The molecule has 3 nitrogen and oxygen atoms in total. The lowest BCUT2D eigenvalue weighted by Crippen LogP contribution is -2.34. The van der Waals surface area contributed by atoms with Crippen LogP contribution in [0.5, 0.6) is 0 Å². The molecule has 120 valence electrons. The van der Waals surface area contributed by atoms with Crippen LogP contribution < -0.4 is 10.6 Å². The summed E-state index contributed by atoms with van der Waals surface area (Å²) in [7, 11) is 0. The Morgan fingerprint density at radius 1 is 0.875 bits per heavy atom. The normalized spacial score (nSPS) is 10.3. The molecule has 0 saturated carbocycles. The summed E-state index contributed by atoms with van der Waals surface area (Å²) in [5.41, 5.74) is 2.00. The van der Waals surface area contributed by atoms with Crippen LogP contribution in [0.1, 0.15) is 12.0 Å². The van der Waals surface area contributed by atoms with Crippen LogP contribution in [0.15, 0.2) is 72.8 Å². The molecule has 3 aromatic carbocycles. The molecule has 0 aromatic heterocycles. The minimum absolute atomic E-state index is 0.0860. The van der Waals surface area contributed by atoms with E-state index < -0.39 is 0 Å². The molecule has 0 aliphatic rings. The first-order valence-corrected chi connectivity index (χ1v) is 8.25. The van der Waals surface area contributed by atoms with E-state index >= 15 is 0 Å². The molecule has 0 unspecified atom stereocenters. The molecular formula is C20H18N2OS. The SMILES string of the molecule is O=C(CCc1ccccc1)NC(=S)Nc1ccc2ccccc2c1. The highest BCUT2D eigenvalue weighted by molar-refractivity contribution is 7.80. The fourth-order valence-corrected chi connectivity index (χ4v) is 2.75. The number of rotatable bonds is 4. The van der Waals surface area contributed by atoms with Gasteiger partial charge >= 0.3 is 0 Å². The van der Waals surface area contributed by atoms with Gasteiger partial charge in [0, 0.05) is 12.1 Å². The highest BCUT2D eigenvalue weighted by Crippen LogP contribution is 2.18. The molecule has 2 N–H and O–H groups in total. The summed E-state index contributed by atoms with van der Waals surface area (Å²) >= 11 is 5.22. The second-order valence-electron chi connectivity index (χ2n) is 5.55. The van der Waals surface area contributed by atoms with Gasteiger partial charge in [0.05, 0.1) is 0 Å². The minimum Gasteiger partial charge on any atom is -0.332 e. The molecule has 0 atom stereocenters. The van der Waals surface area contributed by atoms with E-state index in [1.54, 1.807) is 0 Å². The van der Waals surface area contributed by atoms with Crippen molar-refractivity contribution in [2.75, 3.05) is 5.32 Å². The van der Waals surface area contributed by atoms with Gasteiger partial charge in [-0.1, -0.05) is 60.7 Å². The van der Waals surface area contributed by atoms with Crippen molar-refractivity contribution in [1.82, 2.24) is 5.32 Å². The third kappa shape index (κ3) is 4.40. The molecule has 24 heavy (non-hydrogen) atoms. The van der Waals surface area contributed by atoms with Gasteiger partial charge < -0.3 is 10.6 Å².